The first kappa shape index (κ1) is 19.1. The van der Waals surface area contributed by atoms with Crippen LogP contribution >= 0.6 is 11.8 Å². The van der Waals surface area contributed by atoms with Crippen molar-refractivity contribution in [1.82, 2.24) is 10.6 Å². The molecule has 1 fully saturated rings. The molecule has 2 aromatic rings. The van der Waals surface area contributed by atoms with Gasteiger partial charge in [0, 0.05) is 5.54 Å². The summed E-state index contributed by atoms with van der Waals surface area (Å²) in [7, 11) is 0. The van der Waals surface area contributed by atoms with E-state index in [0.717, 1.165) is 11.3 Å². The number of amides is 2. The molecule has 2 unspecified atom stereocenters. The number of benzene rings is 2. The molecule has 1 heterocycles. The van der Waals surface area contributed by atoms with E-state index in [1.54, 1.807) is 0 Å². The molecule has 1 aliphatic heterocycles. The van der Waals surface area contributed by atoms with Crippen molar-refractivity contribution in [3.63, 3.8) is 0 Å². The van der Waals surface area contributed by atoms with Crippen LogP contribution in [0.5, 0.6) is 11.5 Å². The maximum atomic E-state index is 12.2. The third-order valence-corrected chi connectivity index (χ3v) is 4.80. The Morgan fingerprint density at radius 3 is 2.48 bits per heavy atom. The minimum absolute atomic E-state index is 0.315. The standard InChI is InChI=1S/C20H22N2O4S/c1-20(2,3)22-19(24)26-18-16(23)21-17(27-18)13-8-7-11-15(12-13)25-14-9-5-4-6-10-14/h4-12,17-18H,1-3H3,(H,21,23)(H,22,24). The predicted molar refractivity (Wildman–Crippen MR) is 105 cm³/mol. The van der Waals surface area contributed by atoms with Gasteiger partial charge in [0.25, 0.3) is 5.91 Å². The number of carbonyl (C=O) groups is 2. The maximum Gasteiger partial charge on any atom is 0.409 e. The lowest BCUT2D eigenvalue weighted by Crippen LogP contribution is -2.43. The summed E-state index contributed by atoms with van der Waals surface area (Å²) in [5.41, 5.74) is -0.459. The summed E-state index contributed by atoms with van der Waals surface area (Å²) in [6, 6.07) is 16.9. The average Bonchev–Trinajstić information content (AvgIpc) is 2.95. The van der Waals surface area contributed by atoms with E-state index in [1.165, 1.54) is 11.8 Å². The molecule has 0 spiro atoms. The Morgan fingerprint density at radius 2 is 1.78 bits per heavy atom. The smallest absolute Gasteiger partial charge is 0.409 e. The Kier molecular flexibility index (Phi) is 5.60. The van der Waals surface area contributed by atoms with Crippen LogP contribution in [0.1, 0.15) is 31.7 Å². The molecule has 0 radical (unpaired) electrons. The molecule has 3 rings (SSSR count). The predicted octanol–water partition coefficient (Wildman–Crippen LogP) is 4.19. The number of para-hydroxylation sites is 1. The van der Waals surface area contributed by atoms with Gasteiger partial charge < -0.3 is 20.1 Å². The number of nitrogens with one attached hydrogen (secondary N) is 2. The van der Waals surface area contributed by atoms with Gasteiger partial charge in [0.05, 0.1) is 0 Å². The molecule has 2 N–H and O–H groups in total. The number of hydrogen-bond donors (Lipinski definition) is 2. The van der Waals surface area contributed by atoms with Crippen molar-refractivity contribution in [2.24, 2.45) is 0 Å². The summed E-state index contributed by atoms with van der Waals surface area (Å²) in [6.45, 7) is 5.53. The monoisotopic (exact) mass is 386 g/mol. The highest BCUT2D eigenvalue weighted by molar-refractivity contribution is 8.01. The lowest BCUT2D eigenvalue weighted by atomic mass is 10.1. The van der Waals surface area contributed by atoms with E-state index in [0.29, 0.717) is 5.75 Å². The zero-order chi connectivity index (χ0) is 19.4. The summed E-state index contributed by atoms with van der Waals surface area (Å²) in [5.74, 6) is 1.07. The van der Waals surface area contributed by atoms with Crippen LogP contribution in [0.4, 0.5) is 4.79 Å². The van der Waals surface area contributed by atoms with Crippen LogP contribution in [0, 0.1) is 0 Å². The molecule has 0 bridgehead atoms. The van der Waals surface area contributed by atoms with Crippen LogP contribution in [0.2, 0.25) is 0 Å². The van der Waals surface area contributed by atoms with Gasteiger partial charge in [0.1, 0.15) is 16.9 Å². The summed E-state index contributed by atoms with van der Waals surface area (Å²) < 4.78 is 11.1. The zero-order valence-corrected chi connectivity index (χ0v) is 16.2. The van der Waals surface area contributed by atoms with Gasteiger partial charge in [-0.05, 0) is 50.6 Å². The van der Waals surface area contributed by atoms with Gasteiger partial charge in [0.15, 0.2) is 0 Å². The molecular formula is C20H22N2O4S. The first-order valence-electron chi connectivity index (χ1n) is 8.58. The zero-order valence-electron chi connectivity index (χ0n) is 15.4. The highest BCUT2D eigenvalue weighted by Gasteiger charge is 2.37. The fourth-order valence-corrected chi connectivity index (χ4v) is 3.53. The van der Waals surface area contributed by atoms with Crippen LogP contribution in [0.25, 0.3) is 0 Å². The fraction of sp³-hybridized carbons (Fsp3) is 0.300. The Bertz CT molecular complexity index is 820. The summed E-state index contributed by atoms with van der Waals surface area (Å²) in [5, 5.41) is 5.21. The molecule has 2 atom stereocenters. The average molecular weight is 386 g/mol. The highest BCUT2D eigenvalue weighted by atomic mass is 32.2. The van der Waals surface area contributed by atoms with Crippen molar-refractivity contribution in [2.75, 3.05) is 0 Å². The van der Waals surface area contributed by atoms with Crippen molar-refractivity contribution in [2.45, 2.75) is 37.1 Å². The van der Waals surface area contributed by atoms with Gasteiger partial charge in [-0.25, -0.2) is 4.79 Å². The second kappa shape index (κ2) is 7.92. The number of rotatable bonds is 4. The number of alkyl carbamates (subject to hydrolysis) is 1. The molecule has 6 nitrogen and oxygen atoms in total. The first-order valence-corrected chi connectivity index (χ1v) is 9.52. The van der Waals surface area contributed by atoms with Crippen LogP contribution in [0.3, 0.4) is 0 Å². The fourth-order valence-electron chi connectivity index (χ4n) is 2.46. The van der Waals surface area contributed by atoms with Crippen LogP contribution in [0.15, 0.2) is 54.6 Å². The molecule has 27 heavy (non-hydrogen) atoms. The Morgan fingerprint density at radius 1 is 1.07 bits per heavy atom. The minimum atomic E-state index is -0.893. The van der Waals surface area contributed by atoms with E-state index in [9.17, 15) is 9.59 Å². The third kappa shape index (κ3) is 5.40. The first-order chi connectivity index (χ1) is 12.8. The largest absolute Gasteiger partial charge is 0.457 e. The highest BCUT2D eigenvalue weighted by Crippen LogP contribution is 2.37. The molecule has 7 heteroatoms. The summed E-state index contributed by atoms with van der Waals surface area (Å²) >= 11 is 1.24. The topological polar surface area (TPSA) is 76.7 Å². The molecule has 0 saturated carbocycles. The number of ether oxygens (including phenoxy) is 2. The van der Waals surface area contributed by atoms with Crippen molar-refractivity contribution in [3.05, 3.63) is 60.2 Å². The Labute approximate surface area is 162 Å². The van der Waals surface area contributed by atoms with Crippen LogP contribution in [-0.4, -0.2) is 23.0 Å². The van der Waals surface area contributed by atoms with Crippen LogP contribution < -0.4 is 15.4 Å². The van der Waals surface area contributed by atoms with Gasteiger partial charge in [0.2, 0.25) is 5.44 Å². The van der Waals surface area contributed by atoms with Crippen molar-refractivity contribution >= 4 is 23.8 Å². The SMILES string of the molecule is CC(C)(C)NC(=O)OC1SC(c2cccc(Oc3ccccc3)c2)NC1=O. The van der Waals surface area contributed by atoms with Gasteiger partial charge in [-0.1, -0.05) is 42.1 Å². The third-order valence-electron chi connectivity index (χ3n) is 3.58. The normalized spacial score (nSPS) is 19.3. The van der Waals surface area contributed by atoms with Crippen molar-refractivity contribution in [3.8, 4) is 11.5 Å². The molecular weight excluding hydrogens is 364 g/mol. The molecule has 2 aromatic carbocycles. The second-order valence-corrected chi connectivity index (χ2v) is 8.30. The van der Waals surface area contributed by atoms with E-state index in [-0.39, 0.29) is 11.3 Å². The lowest BCUT2D eigenvalue weighted by molar-refractivity contribution is -0.124. The summed E-state index contributed by atoms with van der Waals surface area (Å²) in [4.78, 5) is 24.1. The minimum Gasteiger partial charge on any atom is -0.457 e. The molecule has 0 aromatic heterocycles. The van der Waals surface area contributed by atoms with E-state index >= 15 is 0 Å². The van der Waals surface area contributed by atoms with Crippen molar-refractivity contribution < 1.29 is 19.1 Å². The second-order valence-electron chi connectivity index (χ2n) is 7.12. The molecule has 0 aliphatic carbocycles. The molecule has 2 amide bonds. The Balaban J connectivity index is 1.65. The molecule has 142 valence electrons. The quantitative estimate of drug-likeness (QED) is 0.824. The maximum absolute atomic E-state index is 12.2. The number of hydrogen-bond acceptors (Lipinski definition) is 5. The van der Waals surface area contributed by atoms with Gasteiger partial charge in [-0.15, -0.1) is 0 Å². The molecule has 1 aliphatic rings. The molecule has 1 saturated heterocycles. The Hall–Kier alpha value is -2.67. The van der Waals surface area contributed by atoms with E-state index in [1.807, 2.05) is 75.4 Å². The van der Waals surface area contributed by atoms with E-state index < -0.39 is 17.1 Å². The van der Waals surface area contributed by atoms with Gasteiger partial charge in [-0.2, -0.15) is 0 Å². The number of carbonyl (C=O) groups excluding carboxylic acids is 2. The van der Waals surface area contributed by atoms with E-state index in [2.05, 4.69) is 10.6 Å². The van der Waals surface area contributed by atoms with E-state index in [4.69, 9.17) is 9.47 Å². The summed E-state index contributed by atoms with van der Waals surface area (Å²) in [6.07, 6.45) is -0.614. The van der Waals surface area contributed by atoms with Gasteiger partial charge in [-0.3, -0.25) is 4.79 Å². The van der Waals surface area contributed by atoms with Gasteiger partial charge >= 0.3 is 6.09 Å². The van der Waals surface area contributed by atoms with Crippen LogP contribution in [-0.2, 0) is 9.53 Å². The lowest BCUT2D eigenvalue weighted by Gasteiger charge is -2.21. The number of thioether (sulfide) groups is 1. The van der Waals surface area contributed by atoms with Crippen molar-refractivity contribution in [1.29, 1.82) is 0 Å².